The molecule has 10 nitrogen and oxygen atoms in total. The number of ether oxygens (including phenoxy) is 2. The number of nitrogens with zero attached hydrogens (tertiary/aromatic N) is 6. The van der Waals surface area contributed by atoms with Crippen molar-refractivity contribution < 1.29 is 19.4 Å². The van der Waals surface area contributed by atoms with Crippen LogP contribution < -0.4 is 9.47 Å². The molecule has 1 saturated heterocycles. The minimum atomic E-state index is 0.0605. The second kappa shape index (κ2) is 13.6. The van der Waals surface area contributed by atoms with Crippen molar-refractivity contribution in [3.63, 3.8) is 0 Å². The number of hydrogen-bond donors (Lipinski definition) is 1. The second-order valence-corrected chi connectivity index (χ2v) is 13.5. The highest BCUT2D eigenvalue weighted by molar-refractivity contribution is 8.13. The van der Waals surface area contributed by atoms with Gasteiger partial charge in [-0.1, -0.05) is 23.5 Å². The first-order chi connectivity index (χ1) is 21.4. The van der Waals surface area contributed by atoms with Crippen LogP contribution in [0.4, 0.5) is 0 Å². The van der Waals surface area contributed by atoms with Crippen LogP contribution in [0.15, 0.2) is 47.6 Å². The van der Waals surface area contributed by atoms with E-state index in [1.54, 1.807) is 34.7 Å². The SMILES string of the molecule is COc1cc(OCCN=C(SC)c2ccc(C(=O)N3CCC(CCO)CC3)cc2)c2sc(-c3cn4nc(C)sc4n3)nc2c1. The molecule has 1 aliphatic heterocycles. The van der Waals surface area contributed by atoms with Crippen LogP contribution in [0, 0.1) is 12.8 Å². The number of hydrogen-bond acceptors (Lipinski definition) is 11. The highest BCUT2D eigenvalue weighted by atomic mass is 32.2. The van der Waals surface area contributed by atoms with Crippen LogP contribution in [0.5, 0.6) is 11.5 Å². The van der Waals surface area contributed by atoms with Crippen LogP contribution in [0.25, 0.3) is 25.9 Å². The molecule has 13 heteroatoms. The maximum absolute atomic E-state index is 13.0. The van der Waals surface area contributed by atoms with E-state index in [9.17, 15) is 9.90 Å². The van der Waals surface area contributed by atoms with E-state index in [0.29, 0.717) is 36.1 Å². The van der Waals surface area contributed by atoms with Gasteiger partial charge in [-0.3, -0.25) is 9.79 Å². The third kappa shape index (κ3) is 6.60. The summed E-state index contributed by atoms with van der Waals surface area (Å²) in [7, 11) is 1.63. The van der Waals surface area contributed by atoms with E-state index in [-0.39, 0.29) is 12.5 Å². The molecule has 0 spiro atoms. The molecule has 1 fully saturated rings. The number of methoxy groups -OCH3 is 1. The monoisotopic (exact) mass is 650 g/mol. The zero-order valence-corrected chi connectivity index (χ0v) is 27.3. The van der Waals surface area contributed by atoms with Gasteiger partial charge in [-0.25, -0.2) is 14.5 Å². The predicted molar refractivity (Wildman–Crippen MR) is 178 cm³/mol. The molecule has 1 amide bonds. The number of aliphatic imine (C=N–C) groups is 1. The van der Waals surface area contributed by atoms with E-state index >= 15 is 0 Å². The number of thiazole rings is 1. The Morgan fingerprint density at radius 1 is 1.14 bits per heavy atom. The molecule has 2 aromatic carbocycles. The van der Waals surface area contributed by atoms with Gasteiger partial charge in [0, 0.05) is 43.0 Å². The molecule has 0 saturated carbocycles. The number of amides is 1. The quantitative estimate of drug-likeness (QED) is 0.115. The van der Waals surface area contributed by atoms with Crippen molar-refractivity contribution in [1.29, 1.82) is 0 Å². The van der Waals surface area contributed by atoms with Gasteiger partial charge in [0.1, 0.15) is 33.8 Å². The molecule has 1 aliphatic rings. The van der Waals surface area contributed by atoms with E-state index in [0.717, 1.165) is 73.8 Å². The molecule has 0 unspecified atom stereocenters. The molecule has 44 heavy (non-hydrogen) atoms. The topological polar surface area (TPSA) is 114 Å². The van der Waals surface area contributed by atoms with Crippen LogP contribution in [-0.2, 0) is 0 Å². The summed E-state index contributed by atoms with van der Waals surface area (Å²) in [5.41, 5.74) is 3.22. The standard InChI is InChI=1S/C31H34N6O4S3/c1-19-35-37-18-25(34-31(37)43-19)29-33-24-16-23(40-2)17-26(27(24)44-29)41-15-11-32-28(42-3)21-4-6-22(7-5-21)30(39)36-12-8-20(9-13-36)10-14-38/h4-7,16-18,20,38H,8-15H2,1-3H3. The summed E-state index contributed by atoms with van der Waals surface area (Å²) in [6.45, 7) is 4.50. The number of carbonyl (C=O) groups is 1. The third-order valence-electron chi connectivity index (χ3n) is 7.64. The van der Waals surface area contributed by atoms with E-state index in [2.05, 4.69) is 5.10 Å². The number of fused-ring (bicyclic) bond motifs is 2. The van der Waals surface area contributed by atoms with Crippen molar-refractivity contribution in [1.82, 2.24) is 24.5 Å². The van der Waals surface area contributed by atoms with Gasteiger partial charge in [-0.05, 0) is 50.5 Å². The molecule has 0 atom stereocenters. The molecule has 230 valence electrons. The Labute approximate surface area is 267 Å². The summed E-state index contributed by atoms with van der Waals surface area (Å²) < 4.78 is 14.4. The number of likely N-dealkylation sites (tertiary alicyclic amines) is 1. The molecular weight excluding hydrogens is 617 g/mol. The number of aryl methyl sites for hydroxylation is 1. The number of benzene rings is 2. The first kappa shape index (κ1) is 30.5. The molecule has 5 aromatic rings. The highest BCUT2D eigenvalue weighted by Gasteiger charge is 2.23. The highest BCUT2D eigenvalue weighted by Crippen LogP contribution is 2.39. The summed E-state index contributed by atoms with van der Waals surface area (Å²) in [6, 6.07) is 11.5. The molecule has 3 aromatic heterocycles. The summed E-state index contributed by atoms with van der Waals surface area (Å²) in [6.07, 6.45) is 6.61. The summed E-state index contributed by atoms with van der Waals surface area (Å²) in [5.74, 6) is 1.94. The van der Waals surface area contributed by atoms with Crippen LogP contribution in [-0.4, -0.2) is 86.8 Å². The lowest BCUT2D eigenvalue weighted by molar-refractivity contribution is 0.0678. The molecule has 6 rings (SSSR count). The van der Waals surface area contributed by atoms with Crippen LogP contribution in [0.1, 0.15) is 40.2 Å². The molecule has 0 aliphatic carbocycles. The maximum atomic E-state index is 13.0. The lowest BCUT2D eigenvalue weighted by Crippen LogP contribution is -2.38. The van der Waals surface area contributed by atoms with E-state index in [1.165, 1.54) is 11.3 Å². The number of carbonyl (C=O) groups excluding carboxylic acids is 1. The number of imidazole rings is 1. The largest absolute Gasteiger partial charge is 0.497 e. The van der Waals surface area contributed by atoms with Gasteiger partial charge in [0.2, 0.25) is 4.96 Å². The Balaban J connectivity index is 1.10. The van der Waals surface area contributed by atoms with Crippen molar-refractivity contribution in [2.75, 3.05) is 46.2 Å². The fourth-order valence-electron chi connectivity index (χ4n) is 5.34. The Kier molecular flexibility index (Phi) is 9.45. The van der Waals surface area contributed by atoms with E-state index in [4.69, 9.17) is 24.4 Å². The van der Waals surface area contributed by atoms with Gasteiger partial charge in [-0.15, -0.1) is 23.1 Å². The first-order valence-electron chi connectivity index (χ1n) is 14.5. The molecule has 0 radical (unpaired) electrons. The number of aromatic nitrogens is 4. The van der Waals surface area contributed by atoms with Crippen molar-refractivity contribution in [2.45, 2.75) is 26.2 Å². The number of thioether (sulfide) groups is 1. The Morgan fingerprint density at radius 2 is 1.91 bits per heavy atom. The Morgan fingerprint density at radius 3 is 2.61 bits per heavy atom. The molecular formula is C31H34N6O4S3. The summed E-state index contributed by atoms with van der Waals surface area (Å²) >= 11 is 4.64. The number of piperidine rings is 1. The van der Waals surface area contributed by atoms with Gasteiger partial charge < -0.3 is 19.5 Å². The number of aliphatic hydroxyl groups is 1. The number of rotatable bonds is 10. The van der Waals surface area contributed by atoms with Crippen molar-refractivity contribution in [3.8, 4) is 22.2 Å². The zero-order valence-electron chi connectivity index (χ0n) is 24.9. The van der Waals surface area contributed by atoms with Gasteiger partial charge in [0.05, 0.1) is 35.1 Å². The van der Waals surface area contributed by atoms with Crippen molar-refractivity contribution in [3.05, 3.63) is 58.7 Å². The summed E-state index contributed by atoms with van der Waals surface area (Å²) in [5, 5.41) is 16.3. The minimum Gasteiger partial charge on any atom is -0.497 e. The van der Waals surface area contributed by atoms with Crippen LogP contribution in [0.2, 0.25) is 0 Å². The Bertz CT molecular complexity index is 1760. The first-order valence-corrected chi connectivity index (χ1v) is 17.3. The zero-order chi connectivity index (χ0) is 30.6. The van der Waals surface area contributed by atoms with Gasteiger partial charge in [0.25, 0.3) is 5.91 Å². The molecule has 1 N–H and O–H groups in total. The lowest BCUT2D eigenvalue weighted by Gasteiger charge is -2.31. The second-order valence-electron chi connectivity index (χ2n) is 10.5. The van der Waals surface area contributed by atoms with Gasteiger partial charge in [0.15, 0.2) is 0 Å². The van der Waals surface area contributed by atoms with Crippen LogP contribution >= 0.6 is 34.4 Å². The van der Waals surface area contributed by atoms with E-state index in [1.807, 2.05) is 60.7 Å². The fourth-order valence-corrected chi connectivity index (χ4v) is 7.62. The molecule has 0 bridgehead atoms. The average Bonchev–Trinajstić information content (AvgIpc) is 3.74. The fraction of sp³-hybridized carbons (Fsp3) is 0.387. The summed E-state index contributed by atoms with van der Waals surface area (Å²) in [4.78, 5) is 30.1. The maximum Gasteiger partial charge on any atom is 0.253 e. The third-order valence-corrected chi connectivity index (χ3v) is 10.3. The predicted octanol–water partition coefficient (Wildman–Crippen LogP) is 5.81. The normalized spacial score (nSPS) is 14.5. The Hall–Kier alpha value is -3.52. The number of aliphatic hydroxyl groups excluding tert-OH is 1. The minimum absolute atomic E-state index is 0.0605. The van der Waals surface area contributed by atoms with Crippen molar-refractivity contribution in [2.24, 2.45) is 10.9 Å². The van der Waals surface area contributed by atoms with Gasteiger partial charge in [-0.2, -0.15) is 5.10 Å². The van der Waals surface area contributed by atoms with Crippen molar-refractivity contribution >= 4 is 60.6 Å². The lowest BCUT2D eigenvalue weighted by atomic mass is 9.93. The smallest absolute Gasteiger partial charge is 0.253 e. The average molecular weight is 651 g/mol. The molecule has 4 heterocycles. The van der Waals surface area contributed by atoms with Crippen LogP contribution in [0.3, 0.4) is 0 Å². The van der Waals surface area contributed by atoms with E-state index < -0.39 is 0 Å². The van der Waals surface area contributed by atoms with Gasteiger partial charge >= 0.3 is 0 Å².